The summed E-state index contributed by atoms with van der Waals surface area (Å²) in [5.41, 5.74) is 3.88. The highest BCUT2D eigenvalue weighted by Crippen LogP contribution is 2.39. The van der Waals surface area contributed by atoms with E-state index in [2.05, 4.69) is 34.6 Å². The van der Waals surface area contributed by atoms with Gasteiger partial charge in [-0.3, -0.25) is 10.1 Å². The second-order valence-corrected chi connectivity index (χ2v) is 11.4. The van der Waals surface area contributed by atoms with E-state index in [-0.39, 0.29) is 10.8 Å². The number of nitrogens with zero attached hydrogens (tertiary/aromatic N) is 1. The Bertz CT molecular complexity index is 1440. The zero-order chi connectivity index (χ0) is 21.0. The van der Waals surface area contributed by atoms with Crippen LogP contribution in [0.1, 0.15) is 35.3 Å². The second kappa shape index (κ2) is 6.89. The molecule has 0 unspecified atom stereocenters. The summed E-state index contributed by atoms with van der Waals surface area (Å²) in [7, 11) is -3.45. The first kappa shape index (κ1) is 19.2. The Morgan fingerprint density at radius 1 is 1.07 bits per heavy atom. The van der Waals surface area contributed by atoms with Gasteiger partial charge >= 0.3 is 0 Å². The number of aryl methyl sites for hydroxylation is 2. The number of benzene rings is 3. The molecule has 1 amide bonds. The van der Waals surface area contributed by atoms with E-state index in [1.165, 1.54) is 40.0 Å². The Morgan fingerprint density at radius 2 is 1.83 bits per heavy atom. The van der Waals surface area contributed by atoms with Crippen LogP contribution in [0.5, 0.6) is 0 Å². The lowest BCUT2D eigenvalue weighted by molar-refractivity contribution is 0.102. The summed E-state index contributed by atoms with van der Waals surface area (Å²) in [5, 5.41) is 5.22. The van der Waals surface area contributed by atoms with Crippen LogP contribution in [0.4, 0.5) is 5.13 Å². The number of hydrogen-bond acceptors (Lipinski definition) is 5. The molecule has 30 heavy (non-hydrogen) atoms. The smallest absolute Gasteiger partial charge is 0.257 e. The molecule has 0 saturated heterocycles. The maximum atomic E-state index is 12.8. The number of hydrogen-bond donors (Lipinski definition) is 1. The fraction of sp³-hybridized carbons (Fsp3) is 0.217. The summed E-state index contributed by atoms with van der Waals surface area (Å²) >= 11 is 1.44. The van der Waals surface area contributed by atoms with E-state index >= 15 is 0 Å². The van der Waals surface area contributed by atoms with E-state index in [9.17, 15) is 13.2 Å². The van der Waals surface area contributed by atoms with Gasteiger partial charge in [-0.2, -0.15) is 0 Å². The van der Waals surface area contributed by atoms with Gasteiger partial charge < -0.3 is 0 Å². The largest absolute Gasteiger partial charge is 0.298 e. The summed E-state index contributed by atoms with van der Waals surface area (Å²) in [6.07, 6.45) is 2.09. The molecule has 0 atom stereocenters. The fourth-order valence-corrected chi connectivity index (χ4v) is 6.06. The monoisotopic (exact) mass is 436 g/mol. The molecule has 5 rings (SSSR count). The average Bonchev–Trinajstić information content (AvgIpc) is 3.33. The molecule has 0 fully saturated rings. The van der Waals surface area contributed by atoms with Gasteiger partial charge in [-0.1, -0.05) is 35.6 Å². The van der Waals surface area contributed by atoms with Crippen LogP contribution in [-0.2, 0) is 22.7 Å². The van der Waals surface area contributed by atoms with E-state index in [0.717, 1.165) is 28.4 Å². The molecule has 1 aliphatic carbocycles. The first-order valence-electron chi connectivity index (χ1n) is 9.84. The van der Waals surface area contributed by atoms with Crippen molar-refractivity contribution in [3.8, 4) is 0 Å². The number of aromatic nitrogens is 1. The molecule has 0 saturated carbocycles. The first-order chi connectivity index (χ1) is 14.3. The number of nitrogens with one attached hydrogen (secondary N) is 1. The fourth-order valence-electron chi connectivity index (χ4n) is 4.01. The SMILES string of the molecule is CC(C)S(=O)(=O)c1cccc(C(=O)Nc2nc3c(cc4c5c(cccc53)CC4)s2)c1. The highest BCUT2D eigenvalue weighted by molar-refractivity contribution is 7.92. The molecule has 0 bridgehead atoms. The van der Waals surface area contributed by atoms with Crippen molar-refractivity contribution in [3.63, 3.8) is 0 Å². The third-order valence-electron chi connectivity index (χ3n) is 5.62. The molecular formula is C23H20N2O3S2. The lowest BCUT2D eigenvalue weighted by Gasteiger charge is -2.09. The molecule has 1 aromatic heterocycles. The third-order valence-corrected chi connectivity index (χ3v) is 8.69. The van der Waals surface area contributed by atoms with Crippen molar-refractivity contribution in [2.45, 2.75) is 36.8 Å². The molecule has 4 aromatic rings. The van der Waals surface area contributed by atoms with Gasteiger partial charge in [-0.25, -0.2) is 13.4 Å². The van der Waals surface area contributed by atoms with Crippen LogP contribution in [-0.4, -0.2) is 24.6 Å². The topological polar surface area (TPSA) is 76.1 Å². The van der Waals surface area contributed by atoms with Crippen LogP contribution >= 0.6 is 11.3 Å². The minimum Gasteiger partial charge on any atom is -0.298 e. The number of anilines is 1. The number of carbonyl (C=O) groups excluding carboxylic acids is 1. The number of amides is 1. The molecule has 152 valence electrons. The van der Waals surface area contributed by atoms with E-state index in [1.54, 1.807) is 26.0 Å². The van der Waals surface area contributed by atoms with Crippen molar-refractivity contribution >= 4 is 53.2 Å². The minimum absolute atomic E-state index is 0.153. The summed E-state index contributed by atoms with van der Waals surface area (Å²) in [6.45, 7) is 3.25. The van der Waals surface area contributed by atoms with Gasteiger partial charge in [-0.15, -0.1) is 0 Å². The van der Waals surface area contributed by atoms with Gasteiger partial charge in [0.15, 0.2) is 15.0 Å². The van der Waals surface area contributed by atoms with E-state index in [1.807, 2.05) is 0 Å². The number of thiazole rings is 1. The Labute approximate surface area is 178 Å². The quantitative estimate of drug-likeness (QED) is 0.489. The maximum absolute atomic E-state index is 12.8. The highest BCUT2D eigenvalue weighted by Gasteiger charge is 2.22. The molecule has 0 radical (unpaired) electrons. The van der Waals surface area contributed by atoms with Crippen molar-refractivity contribution < 1.29 is 13.2 Å². The van der Waals surface area contributed by atoms with Gasteiger partial charge in [0.05, 0.1) is 20.4 Å². The molecule has 7 heteroatoms. The van der Waals surface area contributed by atoms with Crippen molar-refractivity contribution in [2.75, 3.05) is 5.32 Å². The summed E-state index contributed by atoms with van der Waals surface area (Å²) in [4.78, 5) is 17.6. The minimum atomic E-state index is -3.45. The zero-order valence-electron chi connectivity index (χ0n) is 16.6. The van der Waals surface area contributed by atoms with Crippen molar-refractivity contribution in [1.29, 1.82) is 0 Å². The molecule has 0 spiro atoms. The predicted octanol–water partition coefficient (Wildman–Crippen LogP) is 4.98. The van der Waals surface area contributed by atoms with Crippen LogP contribution in [0.3, 0.4) is 0 Å². The van der Waals surface area contributed by atoms with Crippen LogP contribution in [0, 0.1) is 0 Å². The second-order valence-electron chi connectivity index (χ2n) is 7.82. The molecule has 1 N–H and O–H groups in total. The lowest BCUT2D eigenvalue weighted by atomic mass is 10.0. The zero-order valence-corrected chi connectivity index (χ0v) is 18.2. The standard InChI is InChI=1S/C23H20N2O3S2/c1-13(2)30(27,28)17-7-3-6-16(11-17)22(26)25-23-24-21-18-8-4-5-14-9-10-15(20(14)18)12-19(21)29-23/h3-8,11-13H,9-10H2,1-2H3,(H,24,25,26). The van der Waals surface area contributed by atoms with E-state index in [0.29, 0.717) is 10.7 Å². The molecule has 1 aliphatic rings. The first-order valence-corrected chi connectivity index (χ1v) is 12.2. The molecule has 5 nitrogen and oxygen atoms in total. The van der Waals surface area contributed by atoms with E-state index < -0.39 is 15.1 Å². The van der Waals surface area contributed by atoms with Crippen LogP contribution < -0.4 is 5.32 Å². The molecular weight excluding hydrogens is 416 g/mol. The Balaban J connectivity index is 1.50. The third kappa shape index (κ3) is 3.00. The van der Waals surface area contributed by atoms with Crippen molar-refractivity contribution in [3.05, 3.63) is 65.2 Å². The summed E-state index contributed by atoms with van der Waals surface area (Å²) in [5.74, 6) is -0.368. The number of sulfone groups is 1. The van der Waals surface area contributed by atoms with Crippen molar-refractivity contribution in [1.82, 2.24) is 4.98 Å². The van der Waals surface area contributed by atoms with Gasteiger partial charge in [0.25, 0.3) is 5.91 Å². The summed E-state index contributed by atoms with van der Waals surface area (Å²) < 4.78 is 25.9. The Morgan fingerprint density at radius 3 is 2.63 bits per heavy atom. The van der Waals surface area contributed by atoms with Gasteiger partial charge in [0.2, 0.25) is 0 Å². The molecule has 1 heterocycles. The number of carbonyl (C=O) groups is 1. The highest BCUT2D eigenvalue weighted by atomic mass is 32.2. The maximum Gasteiger partial charge on any atom is 0.257 e. The molecule has 0 aliphatic heterocycles. The van der Waals surface area contributed by atoms with Crippen LogP contribution in [0.25, 0.3) is 21.0 Å². The van der Waals surface area contributed by atoms with Crippen LogP contribution in [0.2, 0.25) is 0 Å². The van der Waals surface area contributed by atoms with E-state index in [4.69, 9.17) is 0 Å². The predicted molar refractivity (Wildman–Crippen MR) is 121 cm³/mol. The normalized spacial score (nSPS) is 13.4. The summed E-state index contributed by atoms with van der Waals surface area (Å²) in [6, 6.07) is 14.6. The van der Waals surface area contributed by atoms with Gasteiger partial charge in [0.1, 0.15) is 0 Å². The number of rotatable bonds is 4. The van der Waals surface area contributed by atoms with Gasteiger partial charge in [0, 0.05) is 10.9 Å². The molecule has 3 aromatic carbocycles. The lowest BCUT2D eigenvalue weighted by Crippen LogP contribution is -2.16. The average molecular weight is 437 g/mol. The van der Waals surface area contributed by atoms with Crippen LogP contribution in [0.15, 0.2) is 53.4 Å². The van der Waals surface area contributed by atoms with Crippen molar-refractivity contribution in [2.24, 2.45) is 0 Å². The Kier molecular flexibility index (Phi) is 4.41. The van der Waals surface area contributed by atoms with Gasteiger partial charge in [-0.05, 0) is 67.5 Å². The Hall–Kier alpha value is -2.77. The number of fused-ring (bicyclic) bond motifs is 2.